The largest absolute Gasteiger partial charge is 0.354 e. The molecule has 0 radical (unpaired) electrons. The summed E-state index contributed by atoms with van der Waals surface area (Å²) in [4.78, 5) is 29.6. The van der Waals surface area contributed by atoms with Crippen molar-refractivity contribution >= 4 is 43.6 Å². The molecule has 0 saturated heterocycles. The normalized spacial score (nSPS) is 12.3. The van der Waals surface area contributed by atoms with E-state index in [0.717, 1.165) is 29.8 Å². The van der Waals surface area contributed by atoms with Gasteiger partial charge in [0.05, 0.1) is 5.69 Å². The van der Waals surface area contributed by atoms with Crippen LogP contribution in [0.2, 0.25) is 0 Å². The number of nitrogens with zero attached hydrogens (tertiary/aromatic N) is 3. The first-order chi connectivity index (χ1) is 19.8. The maximum absolute atomic E-state index is 14.4. The molecule has 0 aromatic heterocycles. The van der Waals surface area contributed by atoms with Gasteiger partial charge < -0.3 is 10.2 Å². The van der Waals surface area contributed by atoms with Crippen molar-refractivity contribution in [3.8, 4) is 0 Å². The van der Waals surface area contributed by atoms with Crippen LogP contribution in [0, 0.1) is 19.8 Å². The highest BCUT2D eigenvalue weighted by molar-refractivity contribution is 9.10. The fourth-order valence-electron chi connectivity index (χ4n) is 4.45. The van der Waals surface area contributed by atoms with E-state index in [0.29, 0.717) is 17.8 Å². The molecule has 8 nitrogen and oxygen atoms in total. The van der Waals surface area contributed by atoms with Gasteiger partial charge in [0.25, 0.3) is 0 Å². The number of anilines is 1. The Labute approximate surface area is 259 Å². The second kappa shape index (κ2) is 14.8. The Bertz CT molecular complexity index is 1460. The number of carbonyl (C=O) groups is 2. The second-order valence-corrected chi connectivity index (χ2v) is 14.1. The molecule has 0 fully saturated rings. The lowest BCUT2D eigenvalue weighted by atomic mass is 10.0. The first-order valence-corrected chi connectivity index (χ1v) is 16.1. The maximum atomic E-state index is 14.4. The van der Waals surface area contributed by atoms with E-state index >= 15 is 0 Å². The molecule has 0 spiro atoms. The summed E-state index contributed by atoms with van der Waals surface area (Å²) >= 11 is 3.45. The number of carbonyl (C=O) groups excluding carboxylic acids is 2. The summed E-state index contributed by atoms with van der Waals surface area (Å²) in [6.07, 6.45) is 0.275. The van der Waals surface area contributed by atoms with E-state index in [-0.39, 0.29) is 24.8 Å². The Morgan fingerprint density at radius 2 is 1.55 bits per heavy atom. The Kier molecular flexibility index (Phi) is 11.7. The molecule has 0 aliphatic heterocycles. The lowest BCUT2D eigenvalue weighted by Crippen LogP contribution is -2.54. The number of aryl methyl sites for hydroxylation is 2. The van der Waals surface area contributed by atoms with Crippen molar-refractivity contribution in [1.82, 2.24) is 14.5 Å². The molecule has 42 heavy (non-hydrogen) atoms. The van der Waals surface area contributed by atoms with E-state index in [4.69, 9.17) is 0 Å². The van der Waals surface area contributed by atoms with Crippen molar-refractivity contribution in [1.29, 1.82) is 0 Å². The quantitative estimate of drug-likeness (QED) is 0.278. The molecule has 226 valence electrons. The molecule has 1 N–H and O–H groups in total. The van der Waals surface area contributed by atoms with Crippen molar-refractivity contribution in [2.24, 2.45) is 5.92 Å². The summed E-state index contributed by atoms with van der Waals surface area (Å²) in [5.74, 6) is -0.552. The highest BCUT2D eigenvalue weighted by Crippen LogP contribution is 2.26. The predicted octanol–water partition coefficient (Wildman–Crippen LogP) is 5.09. The third-order valence-corrected chi connectivity index (χ3v) is 9.21. The molecular weight excluding hydrogens is 616 g/mol. The van der Waals surface area contributed by atoms with Crippen molar-refractivity contribution in [2.45, 2.75) is 46.7 Å². The zero-order valence-corrected chi connectivity index (χ0v) is 27.6. The molecule has 0 unspecified atom stereocenters. The first-order valence-electron chi connectivity index (χ1n) is 13.9. The van der Waals surface area contributed by atoms with Crippen LogP contribution in [0.1, 0.15) is 36.1 Å². The van der Waals surface area contributed by atoms with Gasteiger partial charge in [-0.3, -0.25) is 9.59 Å². The van der Waals surface area contributed by atoms with Gasteiger partial charge in [0.1, 0.15) is 12.6 Å². The first kappa shape index (κ1) is 33.3. The van der Waals surface area contributed by atoms with E-state index < -0.39 is 28.7 Å². The number of hydrogen-bond acceptors (Lipinski definition) is 4. The van der Waals surface area contributed by atoms with Gasteiger partial charge in [-0.05, 0) is 60.2 Å². The molecule has 3 aromatic rings. The fourth-order valence-corrected chi connectivity index (χ4v) is 5.83. The molecule has 10 heteroatoms. The molecule has 1 atom stereocenters. The fraction of sp³-hybridized carbons (Fsp3) is 0.375. The minimum Gasteiger partial charge on any atom is -0.354 e. The highest BCUT2D eigenvalue weighted by Gasteiger charge is 2.35. The molecule has 2 amide bonds. The van der Waals surface area contributed by atoms with Crippen LogP contribution < -0.4 is 9.62 Å². The van der Waals surface area contributed by atoms with Crippen LogP contribution in [0.5, 0.6) is 0 Å². The van der Waals surface area contributed by atoms with Crippen LogP contribution in [0.4, 0.5) is 5.69 Å². The van der Waals surface area contributed by atoms with Crippen LogP contribution >= 0.6 is 15.9 Å². The van der Waals surface area contributed by atoms with Crippen LogP contribution in [0.25, 0.3) is 0 Å². The molecule has 0 heterocycles. The van der Waals surface area contributed by atoms with Crippen LogP contribution in [-0.4, -0.2) is 62.7 Å². The molecule has 3 aromatic carbocycles. The third-order valence-electron chi connectivity index (χ3n) is 6.87. The third kappa shape index (κ3) is 8.89. The SMILES string of the molecule is Cc1ccc(C)c(N(CC(=O)N(Cc2ccc(Br)cc2)[C@@H](Cc2ccccc2)C(=O)NCC(C)C)S(=O)(=O)N(C)C)c1. The van der Waals surface area contributed by atoms with Gasteiger partial charge in [-0.15, -0.1) is 0 Å². The molecular formula is C32H41BrN4O4S. The highest BCUT2D eigenvalue weighted by atomic mass is 79.9. The number of rotatable bonds is 13. The number of hydrogen-bond donors (Lipinski definition) is 1. The van der Waals surface area contributed by atoms with Gasteiger partial charge >= 0.3 is 10.2 Å². The van der Waals surface area contributed by atoms with Crippen LogP contribution in [0.15, 0.2) is 77.3 Å². The maximum Gasteiger partial charge on any atom is 0.304 e. The molecule has 0 aliphatic rings. The smallest absolute Gasteiger partial charge is 0.304 e. The van der Waals surface area contributed by atoms with E-state index in [9.17, 15) is 18.0 Å². The van der Waals surface area contributed by atoms with E-state index in [2.05, 4.69) is 21.2 Å². The average Bonchev–Trinajstić information content (AvgIpc) is 2.95. The summed E-state index contributed by atoms with van der Waals surface area (Å²) < 4.78 is 30.4. The van der Waals surface area contributed by atoms with E-state index in [1.807, 2.05) is 94.4 Å². The molecule has 0 bridgehead atoms. The summed E-state index contributed by atoms with van der Waals surface area (Å²) in [5.41, 5.74) is 3.71. The number of halogens is 1. The van der Waals surface area contributed by atoms with Crippen molar-refractivity contribution in [2.75, 3.05) is 31.5 Å². The van der Waals surface area contributed by atoms with E-state index in [1.54, 1.807) is 6.07 Å². The molecule has 0 aliphatic carbocycles. The van der Waals surface area contributed by atoms with Gasteiger partial charge in [-0.1, -0.05) is 84.4 Å². The summed E-state index contributed by atoms with van der Waals surface area (Å²) in [6, 6.07) is 21.7. The van der Waals surface area contributed by atoms with Gasteiger partial charge in [-0.2, -0.15) is 12.7 Å². The van der Waals surface area contributed by atoms with Crippen LogP contribution in [0.3, 0.4) is 0 Å². The monoisotopic (exact) mass is 656 g/mol. The second-order valence-electron chi connectivity index (χ2n) is 11.1. The van der Waals surface area contributed by atoms with Gasteiger partial charge in [0.15, 0.2) is 0 Å². The Morgan fingerprint density at radius 3 is 2.14 bits per heavy atom. The topological polar surface area (TPSA) is 90.0 Å². The average molecular weight is 658 g/mol. The zero-order valence-electron chi connectivity index (χ0n) is 25.2. The Hall–Kier alpha value is -3.21. The van der Waals surface area contributed by atoms with Crippen molar-refractivity contribution < 1.29 is 18.0 Å². The number of benzene rings is 3. The summed E-state index contributed by atoms with van der Waals surface area (Å²) in [7, 11) is -1.17. The lowest BCUT2D eigenvalue weighted by Gasteiger charge is -2.35. The number of amides is 2. The minimum atomic E-state index is -4.05. The predicted molar refractivity (Wildman–Crippen MR) is 172 cm³/mol. The Morgan fingerprint density at radius 1 is 0.905 bits per heavy atom. The van der Waals surface area contributed by atoms with Gasteiger partial charge in [0.2, 0.25) is 11.8 Å². The van der Waals surface area contributed by atoms with Crippen LogP contribution in [-0.2, 0) is 32.8 Å². The lowest BCUT2D eigenvalue weighted by molar-refractivity contribution is -0.140. The summed E-state index contributed by atoms with van der Waals surface area (Å²) in [6.45, 7) is 7.81. The van der Waals surface area contributed by atoms with Crippen molar-refractivity contribution in [3.63, 3.8) is 0 Å². The van der Waals surface area contributed by atoms with E-state index in [1.165, 1.54) is 19.0 Å². The summed E-state index contributed by atoms with van der Waals surface area (Å²) in [5, 5.41) is 3.00. The van der Waals surface area contributed by atoms with Gasteiger partial charge in [-0.25, -0.2) is 4.31 Å². The zero-order chi connectivity index (χ0) is 31.0. The van der Waals surface area contributed by atoms with Crippen molar-refractivity contribution in [3.05, 3.63) is 99.5 Å². The standard InChI is InChI=1S/C32H41BrN4O4S/c1-23(2)20-34-32(39)30(19-26-10-8-7-9-11-26)36(21-27-14-16-28(33)17-15-27)31(38)22-37(42(40,41)35(5)6)29-18-24(3)12-13-25(29)4/h7-18,23,30H,19-22H2,1-6H3,(H,34,39)/t30-/m0/s1. The number of nitrogens with one attached hydrogen (secondary N) is 1. The molecule has 0 saturated carbocycles. The minimum absolute atomic E-state index is 0.126. The van der Waals surface area contributed by atoms with Gasteiger partial charge in [0, 0.05) is 38.1 Å². The Balaban J connectivity index is 2.11. The molecule has 3 rings (SSSR count).